The Morgan fingerprint density at radius 2 is 2.60 bits per heavy atom. The molecule has 0 unspecified atom stereocenters. The molecule has 5 heavy (non-hydrogen) atoms. The van der Waals surface area contributed by atoms with Crippen LogP contribution in [0.3, 0.4) is 0 Å². The van der Waals surface area contributed by atoms with Gasteiger partial charge in [-0.05, 0) is 6.42 Å². The Kier molecular flexibility index (Phi) is 0.618. The van der Waals surface area contributed by atoms with Crippen molar-refractivity contribution in [2.75, 3.05) is 0 Å². The van der Waals surface area contributed by atoms with Crippen molar-refractivity contribution in [2.24, 2.45) is 0 Å². The first kappa shape index (κ1) is 3.16. The zero-order valence-corrected chi connectivity index (χ0v) is 3.27. The summed E-state index contributed by atoms with van der Waals surface area (Å²) < 4.78 is 4.73. The summed E-state index contributed by atoms with van der Waals surface area (Å²) in [6.07, 6.45) is 1.65. The van der Waals surface area contributed by atoms with E-state index in [4.69, 9.17) is 4.74 Å². The van der Waals surface area contributed by atoms with Crippen molar-refractivity contribution in [1.29, 1.82) is 0 Å². The van der Waals surface area contributed by atoms with Crippen LogP contribution < -0.4 is 0 Å². The van der Waals surface area contributed by atoms with Gasteiger partial charge in [-0.2, -0.15) is 0 Å². The van der Waals surface area contributed by atoms with Gasteiger partial charge < -0.3 is 4.74 Å². The van der Waals surface area contributed by atoms with Gasteiger partial charge in [0.15, 0.2) is 0 Å². The van der Waals surface area contributed by atoms with Crippen molar-refractivity contribution in [2.45, 2.75) is 19.4 Å². The van der Waals surface area contributed by atoms with E-state index in [0.29, 0.717) is 6.10 Å². The third-order valence-electron chi connectivity index (χ3n) is 0.731. The van der Waals surface area contributed by atoms with Gasteiger partial charge >= 0.3 is 0 Å². The van der Waals surface area contributed by atoms with E-state index in [0.717, 1.165) is 6.42 Å². The summed E-state index contributed by atoms with van der Waals surface area (Å²) in [5.74, 6) is 0. The molecule has 0 aromatic carbocycles. The second-order valence-electron chi connectivity index (χ2n) is 1.22. The fourth-order valence-corrected chi connectivity index (χ4v) is 0.248. The van der Waals surface area contributed by atoms with Crippen LogP contribution >= 0.6 is 0 Å². The number of rotatable bonds is 1. The van der Waals surface area contributed by atoms with Gasteiger partial charge in [0.25, 0.3) is 0 Å². The third-order valence-corrected chi connectivity index (χ3v) is 0.731. The molecule has 1 rings (SSSR count). The number of hydrogen-bond acceptors (Lipinski definition) is 1. The summed E-state index contributed by atoms with van der Waals surface area (Å²) in [6, 6.07) is 0. The molecule has 1 nitrogen and oxygen atoms in total. The fourth-order valence-electron chi connectivity index (χ4n) is 0.248. The topological polar surface area (TPSA) is 12.5 Å². The van der Waals surface area contributed by atoms with Crippen molar-refractivity contribution in [3.63, 3.8) is 0 Å². The van der Waals surface area contributed by atoms with Gasteiger partial charge in [-0.15, -0.1) is 0 Å². The largest absolute Gasteiger partial charge is 0.367 e. The molecule has 0 aromatic rings. The van der Waals surface area contributed by atoms with Gasteiger partial charge in [0.2, 0.25) is 0 Å². The highest BCUT2D eigenvalue weighted by Crippen LogP contribution is 2.17. The molecule has 1 saturated heterocycles. The van der Waals surface area contributed by atoms with Gasteiger partial charge in [-0.1, -0.05) is 6.92 Å². The minimum atomic E-state index is 0.509. The molecule has 0 bridgehead atoms. The van der Waals surface area contributed by atoms with E-state index in [2.05, 4.69) is 6.92 Å². The molecule has 1 aliphatic heterocycles. The van der Waals surface area contributed by atoms with E-state index in [1.165, 1.54) is 0 Å². The lowest BCUT2D eigenvalue weighted by molar-refractivity contribution is 0.419. The Balaban J connectivity index is 2.00. The van der Waals surface area contributed by atoms with Crippen molar-refractivity contribution in [3.05, 3.63) is 6.61 Å². The Hall–Kier alpha value is -0.0400. The van der Waals surface area contributed by atoms with Crippen LogP contribution in [0.1, 0.15) is 13.3 Å². The molecule has 0 amide bonds. The predicted octanol–water partition coefficient (Wildman–Crippen LogP) is 0.957. The molecular weight excluding hydrogens is 64.0 g/mol. The SMILES string of the molecule is CC[C@H]1[CH]O1. The van der Waals surface area contributed by atoms with E-state index in [1.54, 1.807) is 0 Å². The molecule has 1 aliphatic rings. The minimum absolute atomic E-state index is 0.509. The first-order valence-corrected chi connectivity index (χ1v) is 1.92. The lowest BCUT2D eigenvalue weighted by Gasteiger charge is -1.69. The van der Waals surface area contributed by atoms with Gasteiger partial charge in [-0.3, -0.25) is 0 Å². The summed E-state index contributed by atoms with van der Waals surface area (Å²) in [5, 5.41) is 0. The van der Waals surface area contributed by atoms with Crippen LogP contribution in [-0.4, -0.2) is 6.10 Å². The smallest absolute Gasteiger partial charge is 0.113 e. The molecule has 0 spiro atoms. The number of ether oxygens (including phenoxy) is 1. The molecule has 1 radical (unpaired) electrons. The van der Waals surface area contributed by atoms with E-state index < -0.39 is 0 Å². The van der Waals surface area contributed by atoms with Crippen LogP contribution in [0, 0.1) is 6.61 Å². The maximum absolute atomic E-state index is 4.73. The van der Waals surface area contributed by atoms with Crippen LogP contribution in [0.2, 0.25) is 0 Å². The summed E-state index contributed by atoms with van der Waals surface area (Å²) in [6.45, 7) is 3.95. The summed E-state index contributed by atoms with van der Waals surface area (Å²) in [5.41, 5.74) is 0. The minimum Gasteiger partial charge on any atom is -0.367 e. The average Bonchev–Trinajstić information content (AvgIpc) is 2.12. The van der Waals surface area contributed by atoms with Crippen LogP contribution in [-0.2, 0) is 4.74 Å². The molecule has 1 heteroatoms. The molecule has 0 N–H and O–H groups in total. The molecule has 1 fully saturated rings. The monoisotopic (exact) mass is 71.0 g/mol. The van der Waals surface area contributed by atoms with Gasteiger partial charge in [0.05, 0.1) is 6.10 Å². The van der Waals surface area contributed by atoms with Crippen molar-refractivity contribution < 1.29 is 4.74 Å². The van der Waals surface area contributed by atoms with Crippen molar-refractivity contribution in [3.8, 4) is 0 Å². The Bertz CT molecular complexity index is 30.6. The number of epoxide rings is 1. The molecule has 0 saturated carbocycles. The highest BCUT2D eigenvalue weighted by atomic mass is 16.6. The van der Waals surface area contributed by atoms with Crippen LogP contribution in [0.15, 0.2) is 0 Å². The fraction of sp³-hybridized carbons (Fsp3) is 0.750. The maximum Gasteiger partial charge on any atom is 0.113 e. The Morgan fingerprint density at radius 3 is 2.60 bits per heavy atom. The van der Waals surface area contributed by atoms with E-state index >= 15 is 0 Å². The standard InChI is InChI=1S/C4H7O/c1-2-4-3-5-4/h3-4H,2H2,1H3/t4-/m0/s1. The molecule has 29 valence electrons. The van der Waals surface area contributed by atoms with Gasteiger partial charge in [-0.25, -0.2) is 0 Å². The van der Waals surface area contributed by atoms with Gasteiger partial charge in [0.1, 0.15) is 6.61 Å². The second-order valence-corrected chi connectivity index (χ2v) is 1.22. The Labute approximate surface area is 31.9 Å². The zero-order chi connectivity index (χ0) is 3.70. The van der Waals surface area contributed by atoms with Crippen LogP contribution in [0.4, 0.5) is 0 Å². The normalized spacial score (nSPS) is 34.2. The molecule has 0 aliphatic carbocycles. The highest BCUT2D eigenvalue weighted by Gasteiger charge is 2.19. The van der Waals surface area contributed by atoms with E-state index in [1.807, 2.05) is 6.61 Å². The van der Waals surface area contributed by atoms with Crippen molar-refractivity contribution in [1.82, 2.24) is 0 Å². The first-order chi connectivity index (χ1) is 2.43. The number of hydrogen-bond donors (Lipinski definition) is 0. The lowest BCUT2D eigenvalue weighted by atomic mass is 10.4. The third kappa shape index (κ3) is 0.618. The Morgan fingerprint density at radius 1 is 2.00 bits per heavy atom. The molecule has 1 heterocycles. The van der Waals surface area contributed by atoms with Crippen LogP contribution in [0.25, 0.3) is 0 Å². The molecular formula is C4H7O. The quantitative estimate of drug-likeness (QED) is 0.419. The van der Waals surface area contributed by atoms with Gasteiger partial charge in [0, 0.05) is 0 Å². The summed E-state index contributed by atoms with van der Waals surface area (Å²) in [4.78, 5) is 0. The average molecular weight is 71.1 g/mol. The zero-order valence-electron chi connectivity index (χ0n) is 3.27. The summed E-state index contributed by atoms with van der Waals surface area (Å²) >= 11 is 0. The maximum atomic E-state index is 4.73. The predicted molar refractivity (Wildman–Crippen MR) is 19.5 cm³/mol. The summed E-state index contributed by atoms with van der Waals surface area (Å²) in [7, 11) is 0. The first-order valence-electron chi connectivity index (χ1n) is 1.92. The second kappa shape index (κ2) is 0.977. The highest BCUT2D eigenvalue weighted by molar-refractivity contribution is 4.80. The van der Waals surface area contributed by atoms with E-state index in [-0.39, 0.29) is 0 Å². The molecule has 0 aromatic heterocycles. The lowest BCUT2D eigenvalue weighted by Crippen LogP contribution is -1.71. The van der Waals surface area contributed by atoms with E-state index in [9.17, 15) is 0 Å². The molecule has 1 atom stereocenters. The van der Waals surface area contributed by atoms with Crippen molar-refractivity contribution >= 4 is 0 Å². The van der Waals surface area contributed by atoms with Crippen LogP contribution in [0.5, 0.6) is 0 Å².